The summed E-state index contributed by atoms with van der Waals surface area (Å²) in [4.78, 5) is 0. The summed E-state index contributed by atoms with van der Waals surface area (Å²) in [5.74, 6) is 0. The summed E-state index contributed by atoms with van der Waals surface area (Å²) >= 11 is 2.08. The van der Waals surface area contributed by atoms with Crippen LogP contribution in [0.25, 0.3) is 0 Å². The van der Waals surface area contributed by atoms with Crippen LogP contribution in [-0.2, 0) is 20.0 Å². The van der Waals surface area contributed by atoms with E-state index >= 15 is 0 Å². The minimum absolute atomic E-state index is 0. The molecule has 0 aromatic heterocycles. The number of hydrogen-bond acceptors (Lipinski definition) is 0. The molecule has 2 aliphatic rings. The summed E-state index contributed by atoms with van der Waals surface area (Å²) in [6, 6.07) is 0. The van der Waals surface area contributed by atoms with Gasteiger partial charge in [-0.3, -0.25) is 12.2 Å². The van der Waals surface area contributed by atoms with Crippen molar-refractivity contribution in [2.45, 2.75) is 67.2 Å². The molecule has 2 aliphatic carbocycles. The fourth-order valence-electron chi connectivity index (χ4n) is 1.99. The van der Waals surface area contributed by atoms with Gasteiger partial charge in [0.1, 0.15) is 0 Å². The van der Waals surface area contributed by atoms with Crippen LogP contribution in [0.4, 0.5) is 0 Å². The van der Waals surface area contributed by atoms with Crippen molar-refractivity contribution in [3.05, 3.63) is 46.6 Å². The summed E-state index contributed by atoms with van der Waals surface area (Å²) in [5.41, 5.74) is 5.66. The van der Waals surface area contributed by atoms with Gasteiger partial charge in [0.15, 0.2) is 0 Å². The smallest absolute Gasteiger partial charge is 0.147 e. The Bertz CT molecular complexity index is 400. The average Bonchev–Trinajstić information content (AvgIpc) is 2.97. The van der Waals surface area contributed by atoms with Gasteiger partial charge in [-0.1, -0.05) is 26.7 Å². The Morgan fingerprint density at radius 1 is 0.909 bits per heavy atom. The van der Waals surface area contributed by atoms with E-state index in [1.807, 2.05) is 0 Å². The zero-order valence-corrected chi connectivity index (χ0v) is 18.0. The molecule has 0 bridgehead atoms. The first-order valence-electron chi connectivity index (χ1n) is 7.47. The maximum atomic E-state index is 3.28. The monoisotopic (exact) mass is 376 g/mol. The van der Waals surface area contributed by atoms with Crippen LogP contribution in [0.2, 0.25) is 0 Å². The zero-order chi connectivity index (χ0) is 15.5. The quantitative estimate of drug-likeness (QED) is 0.379. The van der Waals surface area contributed by atoms with Gasteiger partial charge in [-0.2, -0.15) is 12.2 Å². The van der Waals surface area contributed by atoms with Crippen LogP contribution in [-0.4, -0.2) is 3.81 Å². The van der Waals surface area contributed by atoms with Crippen LogP contribution in [0.3, 0.4) is 0 Å². The summed E-state index contributed by atoms with van der Waals surface area (Å²) in [5, 5.41) is 0. The Labute approximate surface area is 162 Å². The predicted octanol–water partition coefficient (Wildman–Crippen LogP) is 6.54. The maximum absolute atomic E-state index is 3.28. The van der Waals surface area contributed by atoms with E-state index in [1.165, 1.54) is 26.1 Å². The Kier molecular flexibility index (Phi) is 19.6. The molecule has 22 heavy (non-hydrogen) atoms. The van der Waals surface area contributed by atoms with Crippen LogP contribution in [0, 0.1) is 12.2 Å². The van der Waals surface area contributed by atoms with Crippen molar-refractivity contribution in [3.63, 3.8) is 0 Å². The van der Waals surface area contributed by atoms with E-state index < -0.39 is 0 Å². The largest absolute Gasteiger partial charge is 0.147 e. The van der Waals surface area contributed by atoms with Gasteiger partial charge >= 0.3 is 37.6 Å². The van der Waals surface area contributed by atoms with Crippen LogP contribution >= 0.6 is 24.8 Å². The first kappa shape index (κ1) is 27.0. The van der Waals surface area contributed by atoms with Crippen molar-refractivity contribution in [2.75, 3.05) is 0 Å². The SMILES string of the molecule is CCC1=[C-]CC=C1C.CCC1=[C-]CC=C1C.C[C](C)=[Ti+2].Cl.Cl. The van der Waals surface area contributed by atoms with E-state index in [1.54, 1.807) is 0 Å². The van der Waals surface area contributed by atoms with Crippen molar-refractivity contribution in [1.29, 1.82) is 0 Å². The van der Waals surface area contributed by atoms with E-state index in [2.05, 4.69) is 85.8 Å². The normalized spacial score (nSPS) is 14.5. The molecule has 2 rings (SSSR count). The second-order valence-corrected chi connectivity index (χ2v) is 6.76. The second-order valence-electron chi connectivity index (χ2n) is 5.20. The molecule has 0 aromatic carbocycles. The van der Waals surface area contributed by atoms with E-state index in [-0.39, 0.29) is 24.8 Å². The molecule has 0 saturated carbocycles. The van der Waals surface area contributed by atoms with Gasteiger partial charge in [0.25, 0.3) is 0 Å². The summed E-state index contributed by atoms with van der Waals surface area (Å²) < 4.78 is 1.42. The van der Waals surface area contributed by atoms with Crippen molar-refractivity contribution in [3.8, 4) is 0 Å². The third-order valence-electron chi connectivity index (χ3n) is 3.11. The summed E-state index contributed by atoms with van der Waals surface area (Å²) in [6.45, 7) is 12.8. The van der Waals surface area contributed by atoms with Crippen LogP contribution in [0.5, 0.6) is 0 Å². The van der Waals surface area contributed by atoms with Gasteiger partial charge in [0.05, 0.1) is 0 Å². The van der Waals surface area contributed by atoms with E-state index in [9.17, 15) is 0 Å². The van der Waals surface area contributed by atoms with E-state index in [0.717, 1.165) is 25.7 Å². The number of halogens is 2. The topological polar surface area (TPSA) is 0 Å². The van der Waals surface area contributed by atoms with Gasteiger partial charge in [-0.05, 0) is 0 Å². The first-order chi connectivity index (χ1) is 9.42. The number of rotatable bonds is 2. The van der Waals surface area contributed by atoms with Gasteiger partial charge < -0.3 is 0 Å². The van der Waals surface area contributed by atoms with Crippen LogP contribution in [0.15, 0.2) is 34.4 Å². The Hall–Kier alpha value is 0.124. The minimum atomic E-state index is 0. The molecule has 0 amide bonds. The summed E-state index contributed by atoms with van der Waals surface area (Å²) in [7, 11) is 0. The number of hydrogen-bond donors (Lipinski definition) is 0. The molecule has 0 aliphatic heterocycles. The molecular formula is C19H30Cl2Ti. The van der Waals surface area contributed by atoms with Gasteiger partial charge in [-0.15, -0.1) is 51.5 Å². The van der Waals surface area contributed by atoms with Crippen molar-refractivity contribution in [1.82, 2.24) is 0 Å². The molecule has 0 heterocycles. The molecule has 0 atom stereocenters. The molecule has 3 heteroatoms. The van der Waals surface area contributed by atoms with E-state index in [0.29, 0.717) is 0 Å². The van der Waals surface area contributed by atoms with E-state index in [4.69, 9.17) is 0 Å². The second kappa shape index (κ2) is 16.0. The third-order valence-corrected chi connectivity index (χ3v) is 3.11. The molecule has 0 N–H and O–H groups in total. The molecule has 0 aromatic rings. The summed E-state index contributed by atoms with van der Waals surface area (Å²) in [6.07, 6.45) is 15.4. The molecule has 0 unspecified atom stereocenters. The molecule has 124 valence electrons. The molecule has 0 fully saturated rings. The fraction of sp³-hybridized carbons (Fsp3) is 0.526. The Morgan fingerprint density at radius 3 is 1.27 bits per heavy atom. The van der Waals surface area contributed by atoms with Gasteiger partial charge in [-0.25, -0.2) is 22.3 Å². The third kappa shape index (κ3) is 12.6. The van der Waals surface area contributed by atoms with Crippen LogP contribution in [0.1, 0.15) is 67.2 Å². The minimum Gasteiger partial charge on any atom is -0.147 e. The zero-order valence-electron chi connectivity index (χ0n) is 14.8. The van der Waals surface area contributed by atoms with Crippen molar-refractivity contribution >= 4 is 28.6 Å². The van der Waals surface area contributed by atoms with Crippen LogP contribution < -0.4 is 0 Å². The van der Waals surface area contributed by atoms with Crippen molar-refractivity contribution in [2.24, 2.45) is 0 Å². The number of allylic oxidation sites excluding steroid dienone is 8. The maximum Gasteiger partial charge on any atom is -0.147 e. The molecule has 0 saturated heterocycles. The Morgan fingerprint density at radius 2 is 1.18 bits per heavy atom. The van der Waals surface area contributed by atoms with Gasteiger partial charge in [0, 0.05) is 0 Å². The first-order valence-corrected chi connectivity index (χ1v) is 8.25. The van der Waals surface area contributed by atoms with Gasteiger partial charge in [0.2, 0.25) is 0 Å². The van der Waals surface area contributed by atoms with Crippen molar-refractivity contribution < 1.29 is 20.0 Å². The molecule has 0 spiro atoms. The molecular weight excluding hydrogens is 347 g/mol. The molecule has 0 nitrogen and oxygen atoms in total. The molecule has 0 radical (unpaired) electrons. The predicted molar refractivity (Wildman–Crippen MR) is 102 cm³/mol. The average molecular weight is 377 g/mol. The Balaban J connectivity index is -0.000000249. The fourth-order valence-corrected chi connectivity index (χ4v) is 1.99. The standard InChI is InChI=1S/2C8H11.C3H6.2ClH.Ti/c2*1-3-8-6-4-5-7(8)2;1-3-2;;;/h2*5H,3-4H2,1-2H3;1-2H3;2*1H;/q2*-1;;;;+2.